The van der Waals surface area contributed by atoms with Crippen molar-refractivity contribution >= 4 is 65.4 Å². The highest BCUT2D eigenvalue weighted by atomic mass is 15.1. The Kier molecular flexibility index (Phi) is 6.93. The van der Waals surface area contributed by atoms with Gasteiger partial charge in [0.2, 0.25) is 0 Å². The van der Waals surface area contributed by atoms with Crippen molar-refractivity contribution in [2.24, 2.45) is 0 Å². The molecule has 0 fully saturated rings. The minimum atomic E-state index is 1.14. The molecule has 0 saturated heterocycles. The molecule has 0 saturated carbocycles. The maximum Gasteiger partial charge on any atom is 0.0782 e. The molecule has 0 bridgehead atoms. The molecule has 9 aromatic carbocycles. The topological polar surface area (TPSA) is 14.8 Å². The van der Waals surface area contributed by atoms with E-state index in [0.717, 1.165) is 17.1 Å². The first-order chi connectivity index (χ1) is 28.3. The van der Waals surface area contributed by atoms with Crippen molar-refractivity contribution < 1.29 is 0 Å². The van der Waals surface area contributed by atoms with Gasteiger partial charge in [-0.25, -0.2) is 0 Å². The summed E-state index contributed by atoms with van der Waals surface area (Å²) in [6.45, 7) is 0. The van der Waals surface area contributed by atoms with E-state index in [9.17, 15) is 0 Å². The number of para-hydroxylation sites is 7. The molecule has 0 spiro atoms. The SMILES string of the molecule is c1ccc(-c2ccc3c(c2)c2ccccc2n3-c2ccccc2-c2ccccc2-n2c3ccccc3c3cccc(-n4c5ccccc5c5ccccc54)c32)cc1. The van der Waals surface area contributed by atoms with Crippen molar-refractivity contribution in [1.29, 1.82) is 0 Å². The number of aromatic nitrogens is 3. The van der Waals surface area contributed by atoms with E-state index in [4.69, 9.17) is 0 Å². The number of benzene rings is 9. The number of hydrogen-bond acceptors (Lipinski definition) is 0. The molecule has 3 nitrogen and oxygen atoms in total. The van der Waals surface area contributed by atoms with Crippen LogP contribution in [0.1, 0.15) is 0 Å². The molecule has 0 atom stereocenters. The van der Waals surface area contributed by atoms with Crippen molar-refractivity contribution in [2.45, 2.75) is 0 Å². The highest BCUT2D eigenvalue weighted by molar-refractivity contribution is 6.16. The van der Waals surface area contributed by atoms with E-state index < -0.39 is 0 Å². The summed E-state index contributed by atoms with van der Waals surface area (Å²) >= 11 is 0. The Morgan fingerprint density at radius 3 is 1.25 bits per heavy atom. The van der Waals surface area contributed by atoms with E-state index in [2.05, 4.69) is 226 Å². The normalized spacial score (nSPS) is 11.9. The van der Waals surface area contributed by atoms with Gasteiger partial charge in [-0.2, -0.15) is 0 Å². The fourth-order valence-electron chi connectivity index (χ4n) is 9.45. The minimum Gasteiger partial charge on any atom is -0.309 e. The molecule has 0 unspecified atom stereocenters. The number of nitrogens with zero attached hydrogens (tertiary/aromatic N) is 3. The lowest BCUT2D eigenvalue weighted by molar-refractivity contribution is 1.13. The molecule has 0 N–H and O–H groups in total. The Morgan fingerprint density at radius 1 is 0.228 bits per heavy atom. The van der Waals surface area contributed by atoms with E-state index in [1.807, 2.05) is 0 Å². The Balaban J connectivity index is 1.15. The summed E-state index contributed by atoms with van der Waals surface area (Å²) in [5.41, 5.74) is 15.3. The van der Waals surface area contributed by atoms with Crippen molar-refractivity contribution in [1.82, 2.24) is 13.7 Å². The summed E-state index contributed by atoms with van der Waals surface area (Å²) in [5, 5.41) is 7.45. The van der Waals surface area contributed by atoms with E-state index in [1.54, 1.807) is 0 Å². The lowest BCUT2D eigenvalue weighted by Gasteiger charge is -2.19. The molecule has 0 radical (unpaired) electrons. The summed E-state index contributed by atoms with van der Waals surface area (Å²) in [5.74, 6) is 0. The first-order valence-corrected chi connectivity index (χ1v) is 19.6. The average Bonchev–Trinajstić information content (AvgIpc) is 3.92. The number of fused-ring (bicyclic) bond motifs is 9. The van der Waals surface area contributed by atoms with Crippen LogP contribution in [0.25, 0.3) is 105 Å². The lowest BCUT2D eigenvalue weighted by Crippen LogP contribution is -2.03. The van der Waals surface area contributed by atoms with Crippen LogP contribution < -0.4 is 0 Å². The highest BCUT2D eigenvalue weighted by Crippen LogP contribution is 2.43. The molecule has 0 aliphatic carbocycles. The van der Waals surface area contributed by atoms with Gasteiger partial charge < -0.3 is 13.7 Å². The van der Waals surface area contributed by atoms with Crippen molar-refractivity contribution in [2.75, 3.05) is 0 Å². The predicted octanol–water partition coefficient (Wildman–Crippen LogP) is 14.3. The largest absolute Gasteiger partial charge is 0.309 e. The number of rotatable bonds is 5. The third kappa shape index (κ3) is 4.66. The van der Waals surface area contributed by atoms with Crippen molar-refractivity contribution in [3.8, 4) is 39.3 Å². The Morgan fingerprint density at radius 2 is 0.632 bits per heavy atom. The van der Waals surface area contributed by atoms with Gasteiger partial charge in [0, 0.05) is 43.4 Å². The van der Waals surface area contributed by atoms with Crippen LogP contribution in [0.4, 0.5) is 0 Å². The second-order valence-electron chi connectivity index (χ2n) is 14.9. The summed E-state index contributed by atoms with van der Waals surface area (Å²) < 4.78 is 7.43. The molecule has 3 aromatic heterocycles. The second-order valence-corrected chi connectivity index (χ2v) is 14.9. The predicted molar refractivity (Wildman–Crippen MR) is 240 cm³/mol. The summed E-state index contributed by atoms with van der Waals surface area (Å²) in [6.07, 6.45) is 0. The average molecular weight is 726 g/mol. The zero-order valence-electron chi connectivity index (χ0n) is 31.0. The van der Waals surface area contributed by atoms with Crippen LogP contribution in [0, 0.1) is 0 Å². The maximum atomic E-state index is 2.51. The first kappa shape index (κ1) is 31.7. The molecule has 0 aliphatic rings. The first-order valence-electron chi connectivity index (χ1n) is 19.6. The van der Waals surface area contributed by atoms with Crippen LogP contribution >= 0.6 is 0 Å². The van der Waals surface area contributed by atoms with Crippen LogP contribution in [0.15, 0.2) is 212 Å². The Labute approximate surface area is 329 Å². The third-order valence-corrected chi connectivity index (χ3v) is 11.9. The summed E-state index contributed by atoms with van der Waals surface area (Å²) in [4.78, 5) is 0. The van der Waals surface area contributed by atoms with Gasteiger partial charge in [-0.3, -0.25) is 0 Å². The van der Waals surface area contributed by atoms with Gasteiger partial charge in [0.05, 0.1) is 50.2 Å². The summed E-state index contributed by atoms with van der Waals surface area (Å²) in [7, 11) is 0. The Hall–Kier alpha value is -7.62. The monoisotopic (exact) mass is 725 g/mol. The van der Waals surface area contributed by atoms with Crippen LogP contribution in [0.5, 0.6) is 0 Å². The van der Waals surface area contributed by atoms with Gasteiger partial charge in [-0.05, 0) is 65.7 Å². The van der Waals surface area contributed by atoms with Crippen LogP contribution in [-0.4, -0.2) is 13.7 Å². The minimum absolute atomic E-state index is 1.14. The highest BCUT2D eigenvalue weighted by Gasteiger charge is 2.23. The van der Waals surface area contributed by atoms with E-state index >= 15 is 0 Å². The maximum absolute atomic E-state index is 2.51. The van der Waals surface area contributed by atoms with E-state index in [1.165, 1.54) is 87.7 Å². The van der Waals surface area contributed by atoms with Gasteiger partial charge in [-0.1, -0.05) is 158 Å². The second kappa shape index (κ2) is 12.5. The fourth-order valence-corrected chi connectivity index (χ4v) is 9.45. The van der Waals surface area contributed by atoms with E-state index in [0.29, 0.717) is 0 Å². The molecule has 3 heterocycles. The standard InChI is InChI=1S/C54H35N3/c1-2-17-36(18-3-1)37-33-34-52-45(35-37)43-24-9-13-29-49(43)55(52)46-26-10-4-21-40(46)41-22-7-14-30-50(41)57-51-31-15-8-23-42(51)44-25-16-32-53(54(44)57)56-47-27-11-5-19-38(47)39-20-6-12-28-48(39)56/h1-35H. The molecule has 3 heteroatoms. The van der Waals surface area contributed by atoms with Crippen molar-refractivity contribution in [3.05, 3.63) is 212 Å². The number of hydrogen-bond donors (Lipinski definition) is 0. The molecule has 0 amide bonds. The van der Waals surface area contributed by atoms with Crippen LogP contribution in [0.2, 0.25) is 0 Å². The Bertz CT molecular complexity index is 3470. The molecule has 57 heavy (non-hydrogen) atoms. The summed E-state index contributed by atoms with van der Waals surface area (Å²) in [6, 6.07) is 77.5. The fraction of sp³-hybridized carbons (Fsp3) is 0. The zero-order valence-corrected chi connectivity index (χ0v) is 31.0. The molecule has 266 valence electrons. The molecular formula is C54H35N3. The molecule has 0 aliphatic heterocycles. The van der Waals surface area contributed by atoms with Gasteiger partial charge >= 0.3 is 0 Å². The lowest BCUT2D eigenvalue weighted by atomic mass is 10.0. The van der Waals surface area contributed by atoms with Gasteiger partial charge in [-0.15, -0.1) is 0 Å². The van der Waals surface area contributed by atoms with Crippen molar-refractivity contribution in [3.63, 3.8) is 0 Å². The van der Waals surface area contributed by atoms with E-state index in [-0.39, 0.29) is 0 Å². The van der Waals surface area contributed by atoms with Crippen LogP contribution in [0.3, 0.4) is 0 Å². The molecule has 12 rings (SSSR count). The zero-order chi connectivity index (χ0) is 37.5. The quantitative estimate of drug-likeness (QED) is 0.168. The van der Waals surface area contributed by atoms with Gasteiger partial charge in [0.1, 0.15) is 0 Å². The smallest absolute Gasteiger partial charge is 0.0782 e. The molecular weight excluding hydrogens is 691 g/mol. The van der Waals surface area contributed by atoms with Gasteiger partial charge in [0.25, 0.3) is 0 Å². The van der Waals surface area contributed by atoms with Gasteiger partial charge in [0.15, 0.2) is 0 Å². The van der Waals surface area contributed by atoms with Crippen LogP contribution in [-0.2, 0) is 0 Å². The molecule has 12 aromatic rings. The third-order valence-electron chi connectivity index (χ3n) is 11.9.